The van der Waals surface area contributed by atoms with Crippen molar-refractivity contribution < 1.29 is 9.21 Å². The van der Waals surface area contributed by atoms with Crippen molar-refractivity contribution in [2.75, 3.05) is 6.54 Å². The number of carbonyl (C=O) groups is 1. The van der Waals surface area contributed by atoms with E-state index in [1.807, 2.05) is 0 Å². The summed E-state index contributed by atoms with van der Waals surface area (Å²) < 4.78 is 5.11. The molecule has 4 heteroatoms. The third-order valence-electron chi connectivity index (χ3n) is 3.48. The summed E-state index contributed by atoms with van der Waals surface area (Å²) in [7, 11) is 0. The van der Waals surface area contributed by atoms with E-state index >= 15 is 0 Å². The van der Waals surface area contributed by atoms with E-state index in [2.05, 4.69) is 5.32 Å². The first-order valence-electron chi connectivity index (χ1n) is 6.24. The minimum absolute atomic E-state index is 0.0459. The van der Waals surface area contributed by atoms with Crippen LogP contribution in [-0.4, -0.2) is 18.5 Å². The zero-order valence-corrected chi connectivity index (χ0v) is 10.2. The van der Waals surface area contributed by atoms with Crippen LogP contribution >= 0.6 is 0 Å². The van der Waals surface area contributed by atoms with Gasteiger partial charge in [0.15, 0.2) is 0 Å². The van der Waals surface area contributed by atoms with Crippen molar-refractivity contribution in [2.45, 2.75) is 38.6 Å². The lowest BCUT2D eigenvalue weighted by Gasteiger charge is -2.26. The molecule has 0 saturated heterocycles. The highest BCUT2D eigenvalue weighted by Crippen LogP contribution is 2.22. The standard InChI is InChI=1S/C13H20N2O2/c1-9-12(5-6-17-9)13(16)15-8-10-3-2-4-11(14)7-10/h5-6,10-11H,2-4,7-8,14H2,1H3,(H,15,16). The van der Waals surface area contributed by atoms with E-state index in [4.69, 9.17) is 10.2 Å². The number of carbonyl (C=O) groups excluding carboxylic acids is 1. The van der Waals surface area contributed by atoms with Crippen LogP contribution in [0.4, 0.5) is 0 Å². The van der Waals surface area contributed by atoms with Gasteiger partial charge in [-0.2, -0.15) is 0 Å². The van der Waals surface area contributed by atoms with Gasteiger partial charge in [0.05, 0.1) is 11.8 Å². The Balaban J connectivity index is 1.82. The van der Waals surface area contributed by atoms with Gasteiger partial charge in [-0.3, -0.25) is 4.79 Å². The van der Waals surface area contributed by atoms with Crippen molar-refractivity contribution in [3.8, 4) is 0 Å². The Labute approximate surface area is 102 Å². The molecule has 94 valence electrons. The maximum atomic E-state index is 11.8. The van der Waals surface area contributed by atoms with Gasteiger partial charge in [0.1, 0.15) is 5.76 Å². The van der Waals surface area contributed by atoms with Crippen molar-refractivity contribution in [1.29, 1.82) is 0 Å². The van der Waals surface area contributed by atoms with E-state index < -0.39 is 0 Å². The minimum atomic E-state index is -0.0459. The van der Waals surface area contributed by atoms with Crippen molar-refractivity contribution in [1.82, 2.24) is 5.32 Å². The lowest BCUT2D eigenvalue weighted by Crippen LogP contribution is -2.35. The van der Waals surface area contributed by atoms with E-state index in [9.17, 15) is 4.79 Å². The van der Waals surface area contributed by atoms with Crippen LogP contribution in [-0.2, 0) is 0 Å². The second kappa shape index (κ2) is 5.36. The topological polar surface area (TPSA) is 68.3 Å². The summed E-state index contributed by atoms with van der Waals surface area (Å²) in [4.78, 5) is 11.8. The number of aryl methyl sites for hydroxylation is 1. The highest BCUT2D eigenvalue weighted by atomic mass is 16.3. The van der Waals surface area contributed by atoms with Crippen molar-refractivity contribution in [3.05, 3.63) is 23.7 Å². The third-order valence-corrected chi connectivity index (χ3v) is 3.48. The highest BCUT2D eigenvalue weighted by Gasteiger charge is 2.20. The van der Waals surface area contributed by atoms with Gasteiger partial charge in [-0.15, -0.1) is 0 Å². The fourth-order valence-corrected chi connectivity index (χ4v) is 2.47. The number of amides is 1. The van der Waals surface area contributed by atoms with E-state index in [1.54, 1.807) is 19.3 Å². The Kier molecular flexibility index (Phi) is 3.84. The predicted molar refractivity (Wildman–Crippen MR) is 65.7 cm³/mol. The molecule has 0 aromatic carbocycles. The molecule has 1 aromatic rings. The largest absolute Gasteiger partial charge is 0.469 e. The maximum Gasteiger partial charge on any atom is 0.254 e. The summed E-state index contributed by atoms with van der Waals surface area (Å²) >= 11 is 0. The predicted octanol–water partition coefficient (Wildman–Crippen LogP) is 1.84. The molecule has 0 aliphatic heterocycles. The van der Waals surface area contributed by atoms with E-state index in [1.165, 1.54) is 12.8 Å². The molecule has 0 spiro atoms. The molecule has 1 aliphatic carbocycles. The number of hydrogen-bond acceptors (Lipinski definition) is 3. The Morgan fingerprint density at radius 3 is 3.06 bits per heavy atom. The van der Waals surface area contributed by atoms with Crippen LogP contribution in [0.15, 0.2) is 16.7 Å². The van der Waals surface area contributed by atoms with Crippen LogP contribution in [0.5, 0.6) is 0 Å². The average molecular weight is 236 g/mol. The average Bonchev–Trinajstić information content (AvgIpc) is 2.72. The van der Waals surface area contributed by atoms with Gasteiger partial charge in [0, 0.05) is 12.6 Å². The molecule has 2 unspecified atom stereocenters. The monoisotopic (exact) mass is 236 g/mol. The molecule has 17 heavy (non-hydrogen) atoms. The fourth-order valence-electron chi connectivity index (χ4n) is 2.47. The van der Waals surface area contributed by atoms with Gasteiger partial charge in [-0.25, -0.2) is 0 Å². The molecular weight excluding hydrogens is 216 g/mol. The maximum absolute atomic E-state index is 11.8. The molecule has 4 nitrogen and oxygen atoms in total. The number of rotatable bonds is 3. The van der Waals surface area contributed by atoms with Gasteiger partial charge in [0.25, 0.3) is 5.91 Å². The molecule has 3 N–H and O–H groups in total. The Bertz CT molecular complexity index is 387. The first-order chi connectivity index (χ1) is 8.16. The lowest BCUT2D eigenvalue weighted by molar-refractivity contribution is 0.0941. The summed E-state index contributed by atoms with van der Waals surface area (Å²) in [6, 6.07) is 2.01. The second-order valence-electron chi connectivity index (χ2n) is 4.89. The summed E-state index contributed by atoms with van der Waals surface area (Å²) in [5.74, 6) is 1.15. The number of nitrogens with one attached hydrogen (secondary N) is 1. The van der Waals surface area contributed by atoms with Crippen LogP contribution < -0.4 is 11.1 Å². The zero-order valence-electron chi connectivity index (χ0n) is 10.2. The Hall–Kier alpha value is -1.29. The van der Waals surface area contributed by atoms with Crippen LogP contribution in [0.2, 0.25) is 0 Å². The van der Waals surface area contributed by atoms with Crippen LogP contribution in [0.1, 0.15) is 41.8 Å². The van der Waals surface area contributed by atoms with Crippen molar-refractivity contribution in [2.24, 2.45) is 11.7 Å². The molecular formula is C13H20N2O2. The first kappa shape index (κ1) is 12.2. The van der Waals surface area contributed by atoms with Gasteiger partial charge < -0.3 is 15.5 Å². The van der Waals surface area contributed by atoms with E-state index in [-0.39, 0.29) is 5.91 Å². The Morgan fingerprint density at radius 1 is 1.59 bits per heavy atom. The molecule has 1 aliphatic rings. The smallest absolute Gasteiger partial charge is 0.254 e. The van der Waals surface area contributed by atoms with Gasteiger partial charge >= 0.3 is 0 Å². The fraction of sp³-hybridized carbons (Fsp3) is 0.615. The van der Waals surface area contributed by atoms with Crippen LogP contribution in [0.25, 0.3) is 0 Å². The summed E-state index contributed by atoms with van der Waals surface area (Å²) in [6.07, 6.45) is 6.02. The van der Waals surface area contributed by atoms with E-state index in [0.717, 1.165) is 19.4 Å². The zero-order chi connectivity index (χ0) is 12.3. The molecule has 1 heterocycles. The molecule has 1 aromatic heterocycles. The molecule has 2 rings (SSSR count). The second-order valence-corrected chi connectivity index (χ2v) is 4.89. The third kappa shape index (κ3) is 3.09. The quantitative estimate of drug-likeness (QED) is 0.841. The van der Waals surface area contributed by atoms with Gasteiger partial charge in [-0.1, -0.05) is 6.42 Å². The highest BCUT2D eigenvalue weighted by molar-refractivity contribution is 5.94. The van der Waals surface area contributed by atoms with Crippen molar-refractivity contribution in [3.63, 3.8) is 0 Å². The minimum Gasteiger partial charge on any atom is -0.469 e. The normalized spacial score (nSPS) is 24.6. The SMILES string of the molecule is Cc1occc1C(=O)NCC1CCCC(N)C1. The number of furan rings is 1. The first-order valence-corrected chi connectivity index (χ1v) is 6.24. The molecule has 0 radical (unpaired) electrons. The van der Waals surface area contributed by atoms with Gasteiger partial charge in [0.2, 0.25) is 0 Å². The van der Waals surface area contributed by atoms with E-state index in [0.29, 0.717) is 23.3 Å². The number of nitrogens with two attached hydrogens (primary N) is 1. The summed E-state index contributed by atoms with van der Waals surface area (Å²) in [5, 5.41) is 2.96. The Morgan fingerprint density at radius 2 is 2.41 bits per heavy atom. The van der Waals surface area contributed by atoms with Crippen LogP contribution in [0.3, 0.4) is 0 Å². The molecule has 1 saturated carbocycles. The van der Waals surface area contributed by atoms with Gasteiger partial charge in [-0.05, 0) is 38.2 Å². The summed E-state index contributed by atoms with van der Waals surface area (Å²) in [5.41, 5.74) is 6.55. The molecule has 0 bridgehead atoms. The molecule has 2 atom stereocenters. The molecule has 1 fully saturated rings. The molecule has 1 amide bonds. The van der Waals surface area contributed by atoms with Crippen molar-refractivity contribution >= 4 is 5.91 Å². The summed E-state index contributed by atoms with van der Waals surface area (Å²) in [6.45, 7) is 2.52. The lowest BCUT2D eigenvalue weighted by atomic mass is 9.86. The van der Waals surface area contributed by atoms with Crippen LogP contribution in [0, 0.1) is 12.8 Å². The number of hydrogen-bond donors (Lipinski definition) is 2.